The fraction of sp³-hybridized carbons (Fsp3) is 1.00. The van der Waals surface area contributed by atoms with Gasteiger partial charge in [-0.05, 0) is 27.1 Å². The van der Waals surface area contributed by atoms with Crippen molar-refractivity contribution in [3.63, 3.8) is 0 Å². The maximum absolute atomic E-state index is 4.50. The molecule has 2 nitrogen and oxygen atoms in total. The van der Waals surface area contributed by atoms with Crippen LogP contribution in [0.4, 0.5) is 0 Å². The standard InChI is InChI=1S/C6H15N.CH5N/c1-3-4-5-6-7-2;1-2/h7H,3-6H2,1-2H3;2H2,1H3. The lowest BCUT2D eigenvalue weighted by molar-refractivity contribution is 0.667. The van der Waals surface area contributed by atoms with Gasteiger partial charge >= 0.3 is 0 Å². The van der Waals surface area contributed by atoms with E-state index in [2.05, 4.69) is 18.0 Å². The normalized spacial score (nSPS) is 8.00. The van der Waals surface area contributed by atoms with Crippen LogP contribution in [0, 0.1) is 0 Å². The van der Waals surface area contributed by atoms with Crippen LogP contribution in [0.15, 0.2) is 0 Å². The summed E-state index contributed by atoms with van der Waals surface area (Å²) in [6.45, 7) is 3.39. The van der Waals surface area contributed by atoms with E-state index in [0.29, 0.717) is 0 Å². The first-order chi connectivity index (χ1) is 4.41. The van der Waals surface area contributed by atoms with Crippen LogP contribution in [-0.4, -0.2) is 20.6 Å². The van der Waals surface area contributed by atoms with Gasteiger partial charge in [0, 0.05) is 0 Å². The fourth-order valence-electron chi connectivity index (χ4n) is 0.552. The van der Waals surface area contributed by atoms with Gasteiger partial charge in [-0.15, -0.1) is 0 Å². The molecule has 0 saturated carbocycles. The lowest BCUT2D eigenvalue weighted by Gasteiger charge is -1.93. The van der Waals surface area contributed by atoms with Gasteiger partial charge in [0.2, 0.25) is 0 Å². The van der Waals surface area contributed by atoms with Crippen molar-refractivity contribution in [1.29, 1.82) is 0 Å². The quantitative estimate of drug-likeness (QED) is 0.559. The van der Waals surface area contributed by atoms with Gasteiger partial charge in [-0.2, -0.15) is 0 Å². The maximum Gasteiger partial charge on any atom is -0.00519 e. The van der Waals surface area contributed by atoms with E-state index in [-0.39, 0.29) is 0 Å². The molecule has 58 valence electrons. The van der Waals surface area contributed by atoms with E-state index in [1.165, 1.54) is 32.9 Å². The van der Waals surface area contributed by atoms with Crippen LogP contribution in [0.2, 0.25) is 0 Å². The molecular weight excluding hydrogens is 112 g/mol. The van der Waals surface area contributed by atoms with E-state index >= 15 is 0 Å². The van der Waals surface area contributed by atoms with Crippen LogP contribution in [0.5, 0.6) is 0 Å². The third-order valence-corrected chi connectivity index (χ3v) is 1.03. The van der Waals surface area contributed by atoms with Crippen molar-refractivity contribution in [2.45, 2.75) is 26.2 Å². The number of nitrogens with two attached hydrogens (primary N) is 1. The second kappa shape index (κ2) is 15.7. The first kappa shape index (κ1) is 11.7. The first-order valence-corrected chi connectivity index (χ1v) is 3.64. The molecule has 0 aliphatic rings. The molecule has 0 rings (SSSR count). The minimum atomic E-state index is 1.17. The Morgan fingerprint density at radius 3 is 2.11 bits per heavy atom. The average Bonchev–Trinajstić information content (AvgIpc) is 1.94. The van der Waals surface area contributed by atoms with Gasteiger partial charge in [-0.3, -0.25) is 0 Å². The highest BCUT2D eigenvalue weighted by molar-refractivity contribution is 4.39. The predicted molar refractivity (Wildman–Crippen MR) is 43.6 cm³/mol. The maximum atomic E-state index is 4.50. The molecule has 0 unspecified atom stereocenters. The zero-order chi connectivity index (χ0) is 7.54. The number of rotatable bonds is 4. The van der Waals surface area contributed by atoms with E-state index in [0.717, 1.165) is 0 Å². The number of hydrogen-bond acceptors (Lipinski definition) is 2. The van der Waals surface area contributed by atoms with Crippen LogP contribution < -0.4 is 11.1 Å². The molecule has 0 saturated heterocycles. The Labute approximate surface area is 58.8 Å². The minimum Gasteiger partial charge on any atom is -0.333 e. The van der Waals surface area contributed by atoms with Crippen molar-refractivity contribution in [2.24, 2.45) is 5.73 Å². The summed E-state index contributed by atoms with van der Waals surface area (Å²) in [5.74, 6) is 0. The Balaban J connectivity index is 0. The predicted octanol–water partition coefficient (Wildman–Crippen LogP) is 0.971. The van der Waals surface area contributed by atoms with E-state index in [1.54, 1.807) is 0 Å². The fourth-order valence-corrected chi connectivity index (χ4v) is 0.552. The van der Waals surface area contributed by atoms with Crippen LogP contribution >= 0.6 is 0 Å². The van der Waals surface area contributed by atoms with Gasteiger partial charge in [0.25, 0.3) is 0 Å². The van der Waals surface area contributed by atoms with Crippen molar-refractivity contribution in [3.8, 4) is 0 Å². The van der Waals surface area contributed by atoms with E-state index < -0.39 is 0 Å². The topological polar surface area (TPSA) is 38.0 Å². The first-order valence-electron chi connectivity index (χ1n) is 3.64. The molecule has 9 heavy (non-hydrogen) atoms. The van der Waals surface area contributed by atoms with Crippen molar-refractivity contribution in [3.05, 3.63) is 0 Å². The molecule has 3 N–H and O–H groups in total. The zero-order valence-corrected chi connectivity index (χ0v) is 6.91. The molecule has 0 radical (unpaired) electrons. The summed E-state index contributed by atoms with van der Waals surface area (Å²) in [4.78, 5) is 0. The van der Waals surface area contributed by atoms with Crippen molar-refractivity contribution < 1.29 is 0 Å². The van der Waals surface area contributed by atoms with E-state index in [1.807, 2.05) is 7.05 Å². The molecule has 0 fully saturated rings. The summed E-state index contributed by atoms with van der Waals surface area (Å²) in [5.41, 5.74) is 4.50. The van der Waals surface area contributed by atoms with E-state index in [4.69, 9.17) is 0 Å². The summed E-state index contributed by atoms with van der Waals surface area (Å²) >= 11 is 0. The van der Waals surface area contributed by atoms with Crippen LogP contribution in [0.3, 0.4) is 0 Å². The van der Waals surface area contributed by atoms with Gasteiger partial charge in [0.05, 0.1) is 0 Å². The number of unbranched alkanes of at least 4 members (excludes halogenated alkanes) is 2. The largest absolute Gasteiger partial charge is 0.333 e. The molecule has 0 aliphatic carbocycles. The lowest BCUT2D eigenvalue weighted by Crippen LogP contribution is -2.06. The SMILES string of the molecule is CCCCCNC.CN. The molecule has 0 aromatic carbocycles. The van der Waals surface area contributed by atoms with Gasteiger partial charge in [-0.1, -0.05) is 19.8 Å². The highest BCUT2D eigenvalue weighted by Crippen LogP contribution is 1.89. The highest BCUT2D eigenvalue weighted by Gasteiger charge is 1.78. The highest BCUT2D eigenvalue weighted by atomic mass is 14.8. The summed E-state index contributed by atoms with van der Waals surface area (Å²) < 4.78 is 0. The van der Waals surface area contributed by atoms with Gasteiger partial charge in [0.1, 0.15) is 0 Å². The average molecular weight is 132 g/mol. The Bertz CT molecular complexity index is 26.1. The monoisotopic (exact) mass is 132 g/mol. The Hall–Kier alpha value is -0.0800. The minimum absolute atomic E-state index is 1.17. The van der Waals surface area contributed by atoms with Gasteiger partial charge in [0.15, 0.2) is 0 Å². The molecule has 0 atom stereocenters. The molecule has 0 aliphatic heterocycles. The molecule has 0 aromatic rings. The Kier molecular flexibility index (Phi) is 20.3. The third kappa shape index (κ3) is 18.1. The number of hydrogen-bond donors (Lipinski definition) is 2. The van der Waals surface area contributed by atoms with Crippen LogP contribution in [0.25, 0.3) is 0 Å². The van der Waals surface area contributed by atoms with E-state index in [9.17, 15) is 0 Å². The molecule has 0 bridgehead atoms. The Morgan fingerprint density at radius 1 is 1.22 bits per heavy atom. The molecule has 0 amide bonds. The van der Waals surface area contributed by atoms with Gasteiger partial charge < -0.3 is 11.1 Å². The third-order valence-electron chi connectivity index (χ3n) is 1.03. The number of nitrogens with one attached hydrogen (secondary N) is 1. The van der Waals surface area contributed by atoms with Crippen molar-refractivity contribution in [2.75, 3.05) is 20.6 Å². The summed E-state index contributed by atoms with van der Waals surface area (Å²) in [7, 11) is 3.50. The van der Waals surface area contributed by atoms with Crippen molar-refractivity contribution >= 4 is 0 Å². The second-order valence-corrected chi connectivity index (χ2v) is 1.81. The zero-order valence-electron chi connectivity index (χ0n) is 6.91. The molecule has 0 heterocycles. The lowest BCUT2D eigenvalue weighted by atomic mass is 10.2. The van der Waals surface area contributed by atoms with Crippen molar-refractivity contribution in [1.82, 2.24) is 5.32 Å². The summed E-state index contributed by atoms with van der Waals surface area (Å²) in [5, 5.41) is 3.10. The molecular formula is C7H20N2. The molecule has 0 aromatic heterocycles. The second-order valence-electron chi connectivity index (χ2n) is 1.81. The molecule has 0 spiro atoms. The summed E-state index contributed by atoms with van der Waals surface area (Å²) in [6, 6.07) is 0. The van der Waals surface area contributed by atoms with Crippen LogP contribution in [-0.2, 0) is 0 Å². The smallest absolute Gasteiger partial charge is 0.00519 e. The molecule has 2 heteroatoms. The van der Waals surface area contributed by atoms with Crippen LogP contribution in [0.1, 0.15) is 26.2 Å². The van der Waals surface area contributed by atoms with Gasteiger partial charge in [-0.25, -0.2) is 0 Å². The summed E-state index contributed by atoms with van der Waals surface area (Å²) in [6.07, 6.45) is 4.01. The Morgan fingerprint density at radius 2 is 1.78 bits per heavy atom.